The Morgan fingerprint density at radius 1 is 0.930 bits per heavy atom. The van der Waals surface area contributed by atoms with Crippen LogP contribution in [0.5, 0.6) is 5.75 Å². The zero-order chi connectivity index (χ0) is 32.1. The minimum atomic E-state index is -2.05. The quantitative estimate of drug-likeness (QED) is 0.101. The van der Waals surface area contributed by atoms with Crippen LogP contribution in [0.15, 0.2) is 66.7 Å². The van der Waals surface area contributed by atoms with Crippen LogP contribution in [-0.2, 0) is 18.9 Å². The number of halogens is 2. The molecule has 0 saturated carbocycles. The van der Waals surface area contributed by atoms with E-state index in [1.165, 1.54) is 34.5 Å². The number of non-ortho nitro benzene ring substituents is 1. The van der Waals surface area contributed by atoms with E-state index in [0.29, 0.717) is 23.1 Å². The molecule has 1 heterocycles. The first-order valence-electron chi connectivity index (χ1n) is 14.7. The molecular weight excluding hydrogens is 668 g/mol. The molecular formula is C35H45Cl2N2O3Ru-. The molecule has 8 heteroatoms. The Morgan fingerprint density at radius 3 is 2.00 bits per heavy atom. The molecule has 1 unspecified atom stereocenters. The molecule has 0 spiro atoms. The largest absolute Gasteiger partial charge is 0.517 e. The first-order chi connectivity index (χ1) is 20.1. The Bertz CT molecular complexity index is 1410. The minimum Gasteiger partial charge on any atom is -0.517 e. The van der Waals surface area contributed by atoms with Crippen molar-refractivity contribution in [3.8, 4) is 5.75 Å². The van der Waals surface area contributed by atoms with Crippen molar-refractivity contribution in [1.82, 2.24) is 0 Å². The predicted molar refractivity (Wildman–Crippen MR) is 180 cm³/mol. The smallest absolute Gasteiger partial charge is 0.0145 e. The fourth-order valence-corrected chi connectivity index (χ4v) is 7.60. The molecule has 1 aliphatic rings. The molecule has 3 aromatic rings. The first-order valence-corrected chi connectivity index (χ1v) is 20.2. The first kappa shape index (κ1) is 35.2. The van der Waals surface area contributed by atoms with Crippen molar-refractivity contribution < 1.29 is 23.2 Å². The van der Waals surface area contributed by atoms with Crippen LogP contribution in [0.1, 0.15) is 103 Å². The van der Waals surface area contributed by atoms with Crippen molar-refractivity contribution >= 4 is 35.4 Å². The molecule has 1 fully saturated rings. The van der Waals surface area contributed by atoms with E-state index in [4.69, 9.17) is 24.1 Å². The maximum Gasteiger partial charge on any atom is 0.0145 e. The van der Waals surface area contributed by atoms with Gasteiger partial charge in [-0.2, -0.15) is 0 Å². The molecule has 3 aromatic carbocycles. The Balaban J connectivity index is 0.000000259. The third-order valence-electron chi connectivity index (χ3n) is 7.64. The topological polar surface area (TPSA) is 55.6 Å². The van der Waals surface area contributed by atoms with Crippen LogP contribution >= 0.6 is 19.4 Å². The molecule has 0 amide bonds. The summed E-state index contributed by atoms with van der Waals surface area (Å²) in [4.78, 5) is 12.8. The van der Waals surface area contributed by atoms with E-state index in [2.05, 4.69) is 108 Å². The van der Waals surface area contributed by atoms with Gasteiger partial charge < -0.3 is 4.90 Å². The number of hydrogen-bond acceptors (Lipinski definition) is 4. The Labute approximate surface area is 271 Å². The molecule has 0 bridgehead atoms. The van der Waals surface area contributed by atoms with Gasteiger partial charge in [0.1, 0.15) is 0 Å². The van der Waals surface area contributed by atoms with Crippen LogP contribution in [-0.4, -0.2) is 21.2 Å². The molecule has 0 radical (unpaired) electrons. The molecule has 1 atom stereocenters. The van der Waals surface area contributed by atoms with Gasteiger partial charge in [-0.1, -0.05) is 88.7 Å². The van der Waals surface area contributed by atoms with Crippen LogP contribution in [0.25, 0.3) is 0 Å². The second-order valence-electron chi connectivity index (χ2n) is 12.8. The number of nitrogens with zero attached hydrogens (tertiary/aromatic N) is 2. The van der Waals surface area contributed by atoms with Gasteiger partial charge >= 0.3 is 112 Å². The molecule has 0 N–H and O–H groups in total. The van der Waals surface area contributed by atoms with Crippen LogP contribution in [0.3, 0.4) is 0 Å². The Hall–Kier alpha value is -2.27. The van der Waals surface area contributed by atoms with E-state index in [1.54, 1.807) is 10.7 Å². The van der Waals surface area contributed by atoms with E-state index in [-0.39, 0.29) is 22.7 Å². The third-order valence-corrected chi connectivity index (χ3v) is 9.47. The fraction of sp³-hybridized carbons (Fsp3) is 0.429. The minimum absolute atomic E-state index is 0.00360. The van der Waals surface area contributed by atoms with Gasteiger partial charge in [0.2, 0.25) is 0 Å². The molecule has 0 aromatic heterocycles. The van der Waals surface area contributed by atoms with E-state index in [9.17, 15) is 10.1 Å². The average Bonchev–Trinajstić information content (AvgIpc) is 3.18. The summed E-state index contributed by atoms with van der Waals surface area (Å²) in [5.41, 5.74) is 6.47. The van der Waals surface area contributed by atoms with Gasteiger partial charge in [-0.15, -0.1) is 5.41 Å². The molecule has 1 saturated heterocycles. The summed E-state index contributed by atoms with van der Waals surface area (Å²) in [6, 6.07) is 22.2. The van der Waals surface area contributed by atoms with Crippen LogP contribution in [0.4, 0.5) is 11.4 Å². The number of nitro groups is 1. The summed E-state index contributed by atoms with van der Waals surface area (Å²) in [7, 11) is 11.6. The van der Waals surface area contributed by atoms with E-state index < -0.39 is 18.4 Å². The van der Waals surface area contributed by atoms with Crippen LogP contribution < -0.4 is 9.64 Å². The standard InChI is InChI=1S/C25H34N.C10H11NO3.2ClH.Ru/c1-18(2)21-14-11-15-22(19(3)4)23(21)26-17-25(7,16-24(26,5)6)20-12-9-8-10-13-20;1-7(2)14-10-5-4-9(11(12)13)6-8(10)3;;;/h8-15,17-19H,16H2,1-7H3;3-7H,1-2H3;2*1H;/q-1;;;;+2/p-2. The number of rotatable bonds is 8. The van der Waals surface area contributed by atoms with Gasteiger partial charge in [-0.05, 0) is 43.2 Å². The summed E-state index contributed by atoms with van der Waals surface area (Å²) in [5.74, 6) is 1.58. The molecule has 0 aliphatic carbocycles. The average molecular weight is 714 g/mol. The SMILES string of the molecule is CC(C)Oc1ccc([N+](=O)[O-])cc1[CH]=[Ru]([Cl])[Cl].CC(C)c1cccc(C(C)C)c1N1[CH-]C(C)(c2ccccc2)CC1(C)C. The number of para-hydroxylation sites is 1. The third kappa shape index (κ3) is 8.90. The van der Waals surface area contributed by atoms with Gasteiger partial charge in [0.15, 0.2) is 0 Å². The van der Waals surface area contributed by atoms with Crippen molar-refractivity contribution in [3.05, 3.63) is 106 Å². The van der Waals surface area contributed by atoms with Crippen LogP contribution in [0, 0.1) is 16.7 Å². The van der Waals surface area contributed by atoms with Crippen molar-refractivity contribution in [2.24, 2.45) is 0 Å². The molecule has 43 heavy (non-hydrogen) atoms. The Morgan fingerprint density at radius 2 is 1.51 bits per heavy atom. The second kappa shape index (κ2) is 14.7. The maximum atomic E-state index is 10.7. The summed E-state index contributed by atoms with van der Waals surface area (Å²) < 4.78 is 7.17. The Kier molecular flexibility index (Phi) is 12.0. The number of nitro benzene ring substituents is 1. The summed E-state index contributed by atoms with van der Waals surface area (Å²) in [6.45, 7) is 22.6. The molecule has 236 valence electrons. The zero-order valence-corrected chi connectivity index (χ0v) is 29.9. The number of benzene rings is 3. The van der Waals surface area contributed by atoms with Crippen molar-refractivity contribution in [1.29, 1.82) is 0 Å². The van der Waals surface area contributed by atoms with Gasteiger partial charge in [-0.25, -0.2) is 6.54 Å². The van der Waals surface area contributed by atoms with Crippen molar-refractivity contribution in [2.75, 3.05) is 4.90 Å². The second-order valence-corrected chi connectivity index (χ2v) is 18.5. The summed E-state index contributed by atoms with van der Waals surface area (Å²) in [6.07, 6.45) is 1.10. The summed E-state index contributed by atoms with van der Waals surface area (Å²) >= 11 is -2.05. The van der Waals surface area contributed by atoms with E-state index >= 15 is 0 Å². The van der Waals surface area contributed by atoms with E-state index in [0.717, 1.165) is 6.42 Å². The van der Waals surface area contributed by atoms with E-state index in [1.807, 2.05) is 13.8 Å². The fourth-order valence-electron chi connectivity index (χ4n) is 5.82. The number of ether oxygens (including phenoxy) is 1. The monoisotopic (exact) mass is 713 g/mol. The van der Waals surface area contributed by atoms with Crippen LogP contribution in [0.2, 0.25) is 0 Å². The van der Waals surface area contributed by atoms with Crippen molar-refractivity contribution in [3.63, 3.8) is 0 Å². The number of anilines is 1. The molecule has 4 rings (SSSR count). The van der Waals surface area contributed by atoms with Gasteiger partial charge in [0.25, 0.3) is 0 Å². The summed E-state index contributed by atoms with van der Waals surface area (Å²) in [5, 5.41) is 10.7. The number of hydrogen-bond donors (Lipinski definition) is 0. The predicted octanol–water partition coefficient (Wildman–Crippen LogP) is 10.5. The zero-order valence-electron chi connectivity index (χ0n) is 26.7. The van der Waals surface area contributed by atoms with Gasteiger partial charge in [-0.3, -0.25) is 0 Å². The maximum absolute atomic E-state index is 10.7. The van der Waals surface area contributed by atoms with Gasteiger partial charge in [0.05, 0.1) is 0 Å². The van der Waals surface area contributed by atoms with Crippen molar-refractivity contribution in [2.45, 2.75) is 97.6 Å². The van der Waals surface area contributed by atoms with Gasteiger partial charge in [0, 0.05) is 11.2 Å². The normalized spacial score (nSPS) is 18.0. The molecule has 5 nitrogen and oxygen atoms in total. The molecule has 1 aliphatic heterocycles.